The molecular weight excluding hydrogens is 443 g/mol. The number of hydrogen-bond acceptors (Lipinski definition) is 5. The van der Waals surface area contributed by atoms with Crippen molar-refractivity contribution >= 4 is 46.6 Å². The molecule has 0 atom stereocenters. The number of rotatable bonds is 4. The van der Waals surface area contributed by atoms with Crippen LogP contribution in [0.3, 0.4) is 0 Å². The van der Waals surface area contributed by atoms with Gasteiger partial charge in [-0.15, -0.1) is 0 Å². The second-order valence-corrected chi connectivity index (χ2v) is 9.51. The minimum absolute atomic E-state index is 0.00909. The van der Waals surface area contributed by atoms with Crippen molar-refractivity contribution in [2.75, 3.05) is 6.54 Å². The van der Waals surface area contributed by atoms with Gasteiger partial charge in [0.1, 0.15) is 18.0 Å². The van der Waals surface area contributed by atoms with E-state index in [1.807, 2.05) is 24.5 Å². The summed E-state index contributed by atoms with van der Waals surface area (Å²) in [5.74, 6) is -1.70. The van der Waals surface area contributed by atoms with Crippen LogP contribution in [0.4, 0.5) is 9.18 Å². The summed E-state index contributed by atoms with van der Waals surface area (Å²) in [7, 11) is 0. The van der Waals surface area contributed by atoms with Gasteiger partial charge in [0.25, 0.3) is 11.1 Å². The van der Waals surface area contributed by atoms with Crippen molar-refractivity contribution in [3.05, 3.63) is 57.0 Å². The van der Waals surface area contributed by atoms with E-state index in [9.17, 15) is 18.8 Å². The number of ether oxygens (including phenoxy) is 1. The molecule has 1 aliphatic rings. The van der Waals surface area contributed by atoms with E-state index in [0.29, 0.717) is 5.69 Å². The number of carbonyl (C=O) groups excluding carboxylic acids is 3. The average molecular weight is 465 g/mol. The Morgan fingerprint density at radius 3 is 2.52 bits per heavy atom. The fourth-order valence-electron chi connectivity index (χ4n) is 3.24. The van der Waals surface area contributed by atoms with Gasteiger partial charge in [0.15, 0.2) is 0 Å². The first-order valence-corrected chi connectivity index (χ1v) is 10.7. The molecule has 0 saturated carbocycles. The molecule has 1 aromatic heterocycles. The number of hydrogen-bond donors (Lipinski definition) is 0. The number of amides is 2. The summed E-state index contributed by atoms with van der Waals surface area (Å²) in [6.45, 7) is 8.41. The van der Waals surface area contributed by atoms with Crippen molar-refractivity contribution in [1.82, 2.24) is 9.47 Å². The highest BCUT2D eigenvalue weighted by Crippen LogP contribution is 2.34. The molecule has 164 valence electrons. The van der Waals surface area contributed by atoms with Crippen LogP contribution in [0.25, 0.3) is 11.8 Å². The fourth-order valence-corrected chi connectivity index (χ4v) is 4.24. The van der Waals surface area contributed by atoms with E-state index < -0.39 is 35.1 Å². The topological polar surface area (TPSA) is 68.6 Å². The molecule has 1 aliphatic heterocycles. The Hall–Kier alpha value is -2.58. The Balaban J connectivity index is 1.87. The smallest absolute Gasteiger partial charge is 0.326 e. The van der Waals surface area contributed by atoms with Gasteiger partial charge in [0, 0.05) is 17.1 Å². The monoisotopic (exact) mass is 464 g/mol. The second-order valence-electron chi connectivity index (χ2n) is 8.11. The number of nitrogens with zero attached hydrogens (tertiary/aromatic N) is 2. The number of benzene rings is 1. The molecule has 9 heteroatoms. The lowest BCUT2D eigenvalue weighted by Crippen LogP contribution is -2.37. The minimum atomic E-state index is -0.713. The van der Waals surface area contributed by atoms with Crippen molar-refractivity contribution < 1.29 is 23.5 Å². The van der Waals surface area contributed by atoms with Gasteiger partial charge < -0.3 is 9.30 Å². The molecule has 1 fully saturated rings. The predicted molar refractivity (Wildman–Crippen MR) is 119 cm³/mol. The lowest BCUT2D eigenvalue weighted by atomic mass is 10.2. The molecule has 2 heterocycles. The Labute approximate surface area is 189 Å². The summed E-state index contributed by atoms with van der Waals surface area (Å²) in [6, 6.07) is 6.28. The number of halogens is 2. The second kappa shape index (κ2) is 8.51. The van der Waals surface area contributed by atoms with Gasteiger partial charge in [-0.3, -0.25) is 19.3 Å². The maximum Gasteiger partial charge on any atom is 0.326 e. The number of thioether (sulfide) groups is 1. The standard InChI is InChI=1S/C22H22ClFN2O4S/c1-12-8-14(13(2)26(12)15-6-7-17(24)16(23)10-15)9-18-20(28)25(21(29)31-18)11-19(27)30-22(3,4)5/h6-10H,11H2,1-5H3. The van der Waals surface area contributed by atoms with E-state index in [-0.39, 0.29) is 9.93 Å². The maximum atomic E-state index is 13.5. The van der Waals surface area contributed by atoms with Crippen LogP contribution < -0.4 is 0 Å². The Bertz CT molecular complexity index is 1120. The highest BCUT2D eigenvalue weighted by Gasteiger charge is 2.37. The van der Waals surface area contributed by atoms with Gasteiger partial charge in [-0.2, -0.15) is 0 Å². The molecule has 0 spiro atoms. The maximum absolute atomic E-state index is 13.5. The first-order valence-electron chi connectivity index (χ1n) is 9.49. The summed E-state index contributed by atoms with van der Waals surface area (Å²) in [5.41, 5.74) is 2.33. The molecule has 1 saturated heterocycles. The lowest BCUT2D eigenvalue weighted by Gasteiger charge is -2.21. The summed E-state index contributed by atoms with van der Waals surface area (Å²) in [5, 5.41) is -0.518. The van der Waals surface area contributed by atoms with Gasteiger partial charge in [0.05, 0.1) is 9.93 Å². The largest absolute Gasteiger partial charge is 0.459 e. The van der Waals surface area contributed by atoms with E-state index in [0.717, 1.165) is 33.6 Å². The zero-order valence-electron chi connectivity index (χ0n) is 17.8. The molecule has 31 heavy (non-hydrogen) atoms. The first-order chi connectivity index (χ1) is 14.4. The van der Waals surface area contributed by atoms with E-state index in [4.69, 9.17) is 16.3 Å². The van der Waals surface area contributed by atoms with E-state index in [1.54, 1.807) is 32.9 Å². The van der Waals surface area contributed by atoms with Crippen LogP contribution in [0.1, 0.15) is 37.7 Å². The van der Waals surface area contributed by atoms with Crippen molar-refractivity contribution in [1.29, 1.82) is 0 Å². The summed E-state index contributed by atoms with van der Waals surface area (Å²) >= 11 is 6.69. The first kappa shape index (κ1) is 23.1. The van der Waals surface area contributed by atoms with Crippen molar-refractivity contribution in [2.45, 2.75) is 40.2 Å². The molecule has 0 unspecified atom stereocenters. The van der Waals surface area contributed by atoms with Gasteiger partial charge in [-0.05, 0) is 82.3 Å². The van der Waals surface area contributed by atoms with Crippen molar-refractivity contribution in [3.63, 3.8) is 0 Å². The van der Waals surface area contributed by atoms with Crippen molar-refractivity contribution in [3.8, 4) is 5.69 Å². The third-order valence-corrected chi connectivity index (χ3v) is 5.70. The van der Waals surface area contributed by atoms with E-state index in [2.05, 4.69) is 0 Å². The fraction of sp³-hybridized carbons (Fsp3) is 0.318. The van der Waals surface area contributed by atoms with Crippen molar-refractivity contribution in [2.24, 2.45) is 0 Å². The number of imide groups is 1. The SMILES string of the molecule is Cc1cc(C=C2SC(=O)N(CC(=O)OC(C)(C)C)C2=O)c(C)n1-c1ccc(F)c(Cl)c1. The third-order valence-electron chi connectivity index (χ3n) is 4.50. The number of esters is 1. The predicted octanol–water partition coefficient (Wildman–Crippen LogP) is 5.26. The van der Waals surface area contributed by atoms with Crippen LogP contribution in [0, 0.1) is 19.7 Å². The number of aromatic nitrogens is 1. The molecule has 6 nitrogen and oxygen atoms in total. The number of carbonyl (C=O) groups is 3. The van der Waals surface area contributed by atoms with E-state index in [1.165, 1.54) is 12.1 Å². The third kappa shape index (κ3) is 5.02. The molecule has 1 aromatic carbocycles. The minimum Gasteiger partial charge on any atom is -0.459 e. The van der Waals surface area contributed by atoms with Crippen LogP contribution in [0.5, 0.6) is 0 Å². The zero-order valence-corrected chi connectivity index (χ0v) is 19.4. The lowest BCUT2D eigenvalue weighted by molar-refractivity contribution is -0.156. The Morgan fingerprint density at radius 1 is 1.23 bits per heavy atom. The van der Waals surface area contributed by atoms with Gasteiger partial charge >= 0.3 is 5.97 Å². The molecular formula is C22H22ClFN2O4S. The Kier molecular flexibility index (Phi) is 6.34. The normalized spacial score (nSPS) is 15.8. The van der Waals surface area contributed by atoms with Crippen LogP contribution in [-0.2, 0) is 14.3 Å². The van der Waals surface area contributed by atoms with Gasteiger partial charge in [-0.25, -0.2) is 4.39 Å². The molecule has 0 aliphatic carbocycles. The van der Waals surface area contributed by atoms with Gasteiger partial charge in [-0.1, -0.05) is 11.6 Å². The molecule has 0 N–H and O–H groups in total. The summed E-state index contributed by atoms with van der Waals surface area (Å²) in [4.78, 5) is 38.2. The zero-order chi connectivity index (χ0) is 23.1. The molecule has 0 bridgehead atoms. The quantitative estimate of drug-likeness (QED) is 0.455. The van der Waals surface area contributed by atoms with Gasteiger partial charge in [0.2, 0.25) is 0 Å². The molecule has 0 radical (unpaired) electrons. The average Bonchev–Trinajstić information content (AvgIpc) is 3.06. The van der Waals surface area contributed by atoms with Crippen LogP contribution in [-0.4, -0.2) is 38.7 Å². The van der Waals surface area contributed by atoms with Crippen LogP contribution >= 0.6 is 23.4 Å². The molecule has 2 amide bonds. The number of aryl methyl sites for hydroxylation is 1. The van der Waals surface area contributed by atoms with Crippen LogP contribution in [0.2, 0.25) is 5.02 Å². The molecule has 2 aromatic rings. The Morgan fingerprint density at radius 2 is 1.90 bits per heavy atom. The molecule has 3 rings (SSSR count). The van der Waals surface area contributed by atoms with Crippen LogP contribution in [0.15, 0.2) is 29.2 Å². The highest BCUT2D eigenvalue weighted by atomic mass is 35.5. The van der Waals surface area contributed by atoms with E-state index >= 15 is 0 Å². The summed E-state index contributed by atoms with van der Waals surface area (Å²) in [6.07, 6.45) is 1.62. The summed E-state index contributed by atoms with van der Waals surface area (Å²) < 4.78 is 20.6. The highest BCUT2D eigenvalue weighted by molar-refractivity contribution is 8.18.